The molecule has 0 saturated carbocycles. The molecule has 1 amide bonds. The molecule has 0 aliphatic carbocycles. The molecule has 0 aliphatic heterocycles. The van der Waals surface area contributed by atoms with Crippen molar-refractivity contribution in [2.75, 3.05) is 17.2 Å². The second-order valence-corrected chi connectivity index (χ2v) is 10.0. The number of para-hydroxylation sites is 2. The maximum absolute atomic E-state index is 12.6. The Morgan fingerprint density at radius 1 is 1.09 bits per heavy atom. The van der Waals surface area contributed by atoms with Crippen LogP contribution >= 0.6 is 34.4 Å². The molecule has 0 unspecified atom stereocenters. The Balaban J connectivity index is 1.34. The number of carbonyl (C=O) groups excluding carboxylic acids is 1. The molecule has 4 rings (SSSR count). The maximum Gasteiger partial charge on any atom is 0.239 e. The molecule has 1 atom stereocenters. The van der Waals surface area contributed by atoms with Crippen molar-refractivity contribution in [2.24, 2.45) is 0 Å². The normalized spacial score (nSPS) is 11.7. The second kappa shape index (κ2) is 10.6. The summed E-state index contributed by atoms with van der Waals surface area (Å²) >= 11 is 4.15. The number of rotatable bonds is 9. The monoisotopic (exact) mass is 483 g/mol. The van der Waals surface area contributed by atoms with Gasteiger partial charge in [0, 0.05) is 10.9 Å². The molecule has 0 radical (unpaired) electrons. The van der Waals surface area contributed by atoms with Crippen LogP contribution < -0.4 is 15.4 Å². The maximum atomic E-state index is 12.6. The first-order valence-electron chi connectivity index (χ1n) is 9.93. The van der Waals surface area contributed by atoms with Crippen LogP contribution in [0, 0.1) is 0 Å². The third-order valence-corrected chi connectivity index (χ3v) is 7.07. The van der Waals surface area contributed by atoms with Gasteiger partial charge in [-0.2, -0.15) is 0 Å². The lowest BCUT2D eigenvalue weighted by molar-refractivity contribution is -0.115. The summed E-state index contributed by atoms with van der Waals surface area (Å²) in [5.74, 6) is 0.626. The van der Waals surface area contributed by atoms with Gasteiger partial charge in [-0.25, -0.2) is 4.98 Å². The van der Waals surface area contributed by atoms with Crippen LogP contribution in [0.15, 0.2) is 64.3 Å². The molecule has 10 heteroatoms. The lowest BCUT2D eigenvalue weighted by atomic mass is 10.2. The summed E-state index contributed by atoms with van der Waals surface area (Å²) in [6.45, 7) is 4.36. The molecule has 2 aromatic carbocycles. The van der Waals surface area contributed by atoms with Crippen LogP contribution in [0.1, 0.15) is 13.8 Å². The van der Waals surface area contributed by atoms with Gasteiger partial charge < -0.3 is 15.4 Å². The summed E-state index contributed by atoms with van der Waals surface area (Å²) in [5.41, 5.74) is 2.69. The number of thiazole rings is 1. The molecule has 164 valence electrons. The molecule has 2 heterocycles. The SMILES string of the molecule is CCOc1ccccc1Nc1nnc(S[C@H](C)C(=O)Nc2nc(-c3ccccc3)cs2)s1. The van der Waals surface area contributed by atoms with Gasteiger partial charge >= 0.3 is 0 Å². The zero-order valence-corrected chi connectivity index (χ0v) is 19.9. The zero-order valence-electron chi connectivity index (χ0n) is 17.4. The first-order chi connectivity index (χ1) is 15.6. The van der Waals surface area contributed by atoms with E-state index in [1.165, 1.54) is 34.4 Å². The van der Waals surface area contributed by atoms with E-state index >= 15 is 0 Å². The Morgan fingerprint density at radius 2 is 1.88 bits per heavy atom. The predicted octanol–water partition coefficient (Wildman–Crippen LogP) is 5.92. The highest BCUT2D eigenvalue weighted by atomic mass is 32.2. The van der Waals surface area contributed by atoms with E-state index in [1.54, 1.807) is 0 Å². The third-order valence-electron chi connectivity index (χ3n) is 4.29. The Morgan fingerprint density at radius 3 is 2.69 bits per heavy atom. The molecule has 7 nitrogen and oxygen atoms in total. The van der Waals surface area contributed by atoms with Crippen molar-refractivity contribution in [1.29, 1.82) is 0 Å². The predicted molar refractivity (Wildman–Crippen MR) is 132 cm³/mol. The van der Waals surface area contributed by atoms with Crippen LogP contribution in [0.2, 0.25) is 0 Å². The fraction of sp³-hybridized carbons (Fsp3) is 0.182. The van der Waals surface area contributed by atoms with Gasteiger partial charge in [0.2, 0.25) is 11.0 Å². The van der Waals surface area contributed by atoms with Crippen LogP contribution in [0.4, 0.5) is 16.0 Å². The lowest BCUT2D eigenvalue weighted by Gasteiger charge is -2.09. The van der Waals surface area contributed by atoms with Crippen LogP contribution in [-0.2, 0) is 4.79 Å². The number of hydrogen-bond acceptors (Lipinski definition) is 9. The van der Waals surface area contributed by atoms with Gasteiger partial charge in [-0.3, -0.25) is 4.79 Å². The summed E-state index contributed by atoms with van der Waals surface area (Å²) in [5, 5.41) is 17.3. The highest BCUT2D eigenvalue weighted by Crippen LogP contribution is 2.33. The van der Waals surface area contributed by atoms with E-state index in [2.05, 4.69) is 25.8 Å². The molecule has 2 N–H and O–H groups in total. The largest absolute Gasteiger partial charge is 0.492 e. The number of amides is 1. The number of thioether (sulfide) groups is 1. The molecule has 0 aliphatic rings. The van der Waals surface area contributed by atoms with Crippen molar-refractivity contribution in [3.8, 4) is 17.0 Å². The van der Waals surface area contributed by atoms with Gasteiger partial charge in [0.15, 0.2) is 9.47 Å². The van der Waals surface area contributed by atoms with Crippen molar-refractivity contribution in [3.05, 3.63) is 60.0 Å². The van der Waals surface area contributed by atoms with Gasteiger partial charge in [0.25, 0.3) is 0 Å². The average molecular weight is 484 g/mol. The molecule has 4 aromatic rings. The van der Waals surface area contributed by atoms with E-state index in [9.17, 15) is 4.79 Å². The zero-order chi connectivity index (χ0) is 22.3. The smallest absolute Gasteiger partial charge is 0.239 e. The van der Waals surface area contributed by atoms with Crippen molar-refractivity contribution < 1.29 is 9.53 Å². The minimum atomic E-state index is -0.351. The summed E-state index contributed by atoms with van der Waals surface area (Å²) in [4.78, 5) is 17.2. The standard InChI is InChI=1S/C22H21N5O2S3/c1-3-29-18-12-8-7-11-16(18)23-21-26-27-22(32-21)31-14(2)19(28)25-20-24-17(13-30-20)15-9-5-4-6-10-15/h4-14H,3H2,1-2H3,(H,23,26)(H,24,25,28)/t14-/m1/s1. The van der Waals surface area contributed by atoms with Crippen molar-refractivity contribution in [1.82, 2.24) is 15.2 Å². The molecule has 0 spiro atoms. The molecular formula is C22H21N5O2S3. The number of hydrogen-bond donors (Lipinski definition) is 2. The number of ether oxygens (including phenoxy) is 1. The number of nitrogens with zero attached hydrogens (tertiary/aromatic N) is 3. The summed E-state index contributed by atoms with van der Waals surface area (Å²) < 4.78 is 6.33. The molecule has 0 fully saturated rings. The van der Waals surface area contributed by atoms with E-state index in [0.29, 0.717) is 21.2 Å². The van der Waals surface area contributed by atoms with E-state index < -0.39 is 0 Å². The average Bonchev–Trinajstić information content (AvgIpc) is 3.45. The van der Waals surface area contributed by atoms with Crippen LogP contribution in [0.25, 0.3) is 11.3 Å². The molecule has 0 saturated heterocycles. The lowest BCUT2D eigenvalue weighted by Crippen LogP contribution is -2.22. The fourth-order valence-electron chi connectivity index (χ4n) is 2.76. The quantitative estimate of drug-likeness (QED) is 0.286. The first kappa shape index (κ1) is 22.3. The van der Waals surface area contributed by atoms with E-state index in [4.69, 9.17) is 4.74 Å². The summed E-state index contributed by atoms with van der Waals surface area (Å²) in [6, 6.07) is 17.5. The van der Waals surface area contributed by atoms with E-state index in [0.717, 1.165) is 22.7 Å². The van der Waals surface area contributed by atoms with Crippen molar-refractivity contribution in [2.45, 2.75) is 23.4 Å². The topological polar surface area (TPSA) is 89.0 Å². The second-order valence-electron chi connectivity index (χ2n) is 6.58. The number of aromatic nitrogens is 3. The van der Waals surface area contributed by atoms with Crippen LogP contribution in [0.3, 0.4) is 0 Å². The van der Waals surface area contributed by atoms with Gasteiger partial charge in [-0.05, 0) is 26.0 Å². The number of benzene rings is 2. The number of nitrogens with one attached hydrogen (secondary N) is 2. The van der Waals surface area contributed by atoms with Gasteiger partial charge in [0.05, 0.1) is 23.2 Å². The van der Waals surface area contributed by atoms with E-state index in [1.807, 2.05) is 73.8 Å². The van der Waals surface area contributed by atoms with Crippen LogP contribution in [-0.4, -0.2) is 32.9 Å². The minimum absolute atomic E-state index is 0.129. The summed E-state index contributed by atoms with van der Waals surface area (Å²) in [6.07, 6.45) is 0. The van der Waals surface area contributed by atoms with Gasteiger partial charge in [-0.15, -0.1) is 21.5 Å². The Bertz CT molecular complexity index is 1180. The highest BCUT2D eigenvalue weighted by molar-refractivity contribution is 8.02. The van der Waals surface area contributed by atoms with Gasteiger partial charge in [0.1, 0.15) is 5.75 Å². The molecular weight excluding hydrogens is 462 g/mol. The van der Waals surface area contributed by atoms with Crippen molar-refractivity contribution in [3.63, 3.8) is 0 Å². The Hall–Kier alpha value is -2.95. The highest BCUT2D eigenvalue weighted by Gasteiger charge is 2.19. The van der Waals surface area contributed by atoms with E-state index in [-0.39, 0.29) is 11.2 Å². The Kier molecular flexibility index (Phi) is 7.35. The molecule has 0 bridgehead atoms. The molecule has 2 aromatic heterocycles. The Labute approximate surface area is 198 Å². The number of carbonyl (C=O) groups is 1. The minimum Gasteiger partial charge on any atom is -0.492 e. The van der Waals surface area contributed by atoms with Crippen molar-refractivity contribution >= 4 is 56.3 Å². The molecule has 32 heavy (non-hydrogen) atoms. The summed E-state index contributed by atoms with van der Waals surface area (Å²) in [7, 11) is 0. The van der Waals surface area contributed by atoms with Crippen LogP contribution in [0.5, 0.6) is 5.75 Å². The fourth-order valence-corrected chi connectivity index (χ4v) is 5.39. The first-order valence-corrected chi connectivity index (χ1v) is 12.5. The third kappa shape index (κ3) is 5.64. The number of anilines is 3. The van der Waals surface area contributed by atoms with Gasteiger partial charge in [-0.1, -0.05) is 65.6 Å².